The van der Waals surface area contributed by atoms with Gasteiger partial charge in [-0.15, -0.1) is 0 Å². The van der Waals surface area contributed by atoms with Crippen LogP contribution < -0.4 is 10.2 Å². The van der Waals surface area contributed by atoms with Crippen molar-refractivity contribution in [1.82, 2.24) is 4.90 Å². The number of hydrogen-bond acceptors (Lipinski definition) is 2. The van der Waals surface area contributed by atoms with E-state index in [1.54, 1.807) is 12.1 Å². The number of para-hydroxylation sites is 1. The molecule has 23 heavy (non-hydrogen) atoms. The number of piperazine rings is 1. The number of amides is 2. The minimum atomic E-state index is -0.0586. The molecule has 0 aromatic heterocycles. The third kappa shape index (κ3) is 3.77. The summed E-state index contributed by atoms with van der Waals surface area (Å²) in [6.45, 7) is 5.24. The Morgan fingerprint density at radius 2 is 1.65 bits per heavy atom. The summed E-state index contributed by atoms with van der Waals surface area (Å²) < 4.78 is 0. The number of carbonyl (C=O) groups is 1. The summed E-state index contributed by atoms with van der Waals surface area (Å²) in [5.41, 5.74) is 3.29. The number of carbonyl (C=O) groups excluding carboxylic acids is 1. The summed E-state index contributed by atoms with van der Waals surface area (Å²) in [5.74, 6) is 0. The van der Waals surface area contributed by atoms with Gasteiger partial charge in [-0.25, -0.2) is 4.79 Å². The Morgan fingerprint density at radius 1 is 1.00 bits per heavy atom. The maximum absolute atomic E-state index is 12.3. The van der Waals surface area contributed by atoms with E-state index < -0.39 is 0 Å². The van der Waals surface area contributed by atoms with Crippen LogP contribution in [0.15, 0.2) is 48.5 Å². The number of halogens is 1. The molecule has 1 fully saturated rings. The van der Waals surface area contributed by atoms with E-state index in [0.717, 1.165) is 18.8 Å². The first-order valence-corrected chi connectivity index (χ1v) is 8.13. The van der Waals surface area contributed by atoms with Crippen LogP contribution in [0.1, 0.15) is 5.56 Å². The highest BCUT2D eigenvalue weighted by atomic mass is 35.5. The quantitative estimate of drug-likeness (QED) is 0.903. The first-order valence-electron chi connectivity index (χ1n) is 7.75. The summed E-state index contributed by atoms with van der Waals surface area (Å²) in [5, 5.41) is 3.58. The molecule has 1 aliphatic heterocycles. The molecule has 5 heteroatoms. The standard InChI is InChI=1S/C18H20ClN3O/c1-14-4-2-3-5-17(14)21-10-12-22(13-11-21)18(23)20-16-8-6-15(19)7-9-16/h2-9H,10-13H2,1H3,(H,20,23). The van der Waals surface area contributed by atoms with Crippen LogP contribution in [0.5, 0.6) is 0 Å². The smallest absolute Gasteiger partial charge is 0.321 e. The molecule has 2 aromatic rings. The Labute approximate surface area is 141 Å². The van der Waals surface area contributed by atoms with E-state index in [4.69, 9.17) is 11.6 Å². The molecule has 3 rings (SSSR count). The number of urea groups is 1. The third-order valence-electron chi connectivity index (χ3n) is 4.12. The van der Waals surface area contributed by atoms with Crippen LogP contribution in [-0.4, -0.2) is 37.1 Å². The number of nitrogens with zero attached hydrogens (tertiary/aromatic N) is 2. The lowest BCUT2D eigenvalue weighted by Crippen LogP contribution is -2.50. The number of benzene rings is 2. The monoisotopic (exact) mass is 329 g/mol. The molecule has 0 unspecified atom stereocenters. The predicted molar refractivity (Wildman–Crippen MR) is 95.4 cm³/mol. The van der Waals surface area contributed by atoms with Gasteiger partial charge in [0.05, 0.1) is 0 Å². The van der Waals surface area contributed by atoms with Crippen molar-refractivity contribution in [2.24, 2.45) is 0 Å². The molecule has 0 aliphatic carbocycles. The maximum atomic E-state index is 12.3. The Kier molecular flexibility index (Phi) is 4.72. The molecule has 1 N–H and O–H groups in total. The third-order valence-corrected chi connectivity index (χ3v) is 4.37. The molecule has 4 nitrogen and oxygen atoms in total. The van der Waals surface area contributed by atoms with Gasteiger partial charge in [0, 0.05) is 42.6 Å². The van der Waals surface area contributed by atoms with Crippen LogP contribution in [0.3, 0.4) is 0 Å². The van der Waals surface area contributed by atoms with Crippen LogP contribution in [0.4, 0.5) is 16.2 Å². The van der Waals surface area contributed by atoms with Crippen molar-refractivity contribution in [3.05, 3.63) is 59.1 Å². The molecule has 1 aliphatic rings. The van der Waals surface area contributed by atoms with E-state index in [0.29, 0.717) is 18.1 Å². The molecule has 0 radical (unpaired) electrons. The Bertz CT molecular complexity index is 679. The maximum Gasteiger partial charge on any atom is 0.321 e. The number of hydrogen-bond donors (Lipinski definition) is 1. The van der Waals surface area contributed by atoms with E-state index in [9.17, 15) is 4.79 Å². The lowest BCUT2D eigenvalue weighted by molar-refractivity contribution is 0.208. The Morgan fingerprint density at radius 3 is 2.30 bits per heavy atom. The van der Waals surface area contributed by atoms with Crippen LogP contribution in [0.25, 0.3) is 0 Å². The second kappa shape index (κ2) is 6.92. The summed E-state index contributed by atoms with van der Waals surface area (Å²) in [6, 6.07) is 15.5. The van der Waals surface area contributed by atoms with E-state index in [1.165, 1.54) is 11.3 Å². The van der Waals surface area contributed by atoms with Crippen molar-refractivity contribution in [2.45, 2.75) is 6.92 Å². The van der Waals surface area contributed by atoms with Crippen LogP contribution in [0.2, 0.25) is 5.02 Å². The first-order chi connectivity index (χ1) is 11.1. The van der Waals surface area contributed by atoms with Gasteiger partial charge in [0.25, 0.3) is 0 Å². The topological polar surface area (TPSA) is 35.6 Å². The fourth-order valence-electron chi connectivity index (χ4n) is 2.80. The highest BCUT2D eigenvalue weighted by molar-refractivity contribution is 6.30. The van der Waals surface area contributed by atoms with Gasteiger partial charge in [-0.2, -0.15) is 0 Å². The van der Waals surface area contributed by atoms with Gasteiger partial charge < -0.3 is 15.1 Å². The second-order valence-electron chi connectivity index (χ2n) is 5.70. The fraction of sp³-hybridized carbons (Fsp3) is 0.278. The van der Waals surface area contributed by atoms with Crippen molar-refractivity contribution in [3.8, 4) is 0 Å². The number of rotatable bonds is 2. The lowest BCUT2D eigenvalue weighted by atomic mass is 10.1. The molecule has 0 saturated carbocycles. The van der Waals surface area contributed by atoms with Crippen LogP contribution >= 0.6 is 11.6 Å². The van der Waals surface area contributed by atoms with Gasteiger partial charge in [0.1, 0.15) is 0 Å². The molecule has 0 spiro atoms. The van der Waals surface area contributed by atoms with E-state index in [-0.39, 0.29) is 6.03 Å². The molecule has 120 valence electrons. The molecule has 1 saturated heterocycles. The van der Waals surface area contributed by atoms with E-state index in [2.05, 4.69) is 41.4 Å². The minimum Gasteiger partial charge on any atom is -0.368 e. The zero-order valence-electron chi connectivity index (χ0n) is 13.1. The van der Waals surface area contributed by atoms with Crippen LogP contribution in [0, 0.1) is 6.92 Å². The zero-order valence-corrected chi connectivity index (χ0v) is 13.9. The normalized spacial score (nSPS) is 14.7. The zero-order chi connectivity index (χ0) is 16.2. The fourth-order valence-corrected chi connectivity index (χ4v) is 2.93. The first kappa shape index (κ1) is 15.7. The number of anilines is 2. The van der Waals surface area contributed by atoms with Gasteiger partial charge in [-0.05, 0) is 42.8 Å². The molecular weight excluding hydrogens is 310 g/mol. The average Bonchev–Trinajstić information content (AvgIpc) is 2.57. The Hall–Kier alpha value is -2.20. The highest BCUT2D eigenvalue weighted by Crippen LogP contribution is 2.21. The summed E-state index contributed by atoms with van der Waals surface area (Å²) in [4.78, 5) is 16.5. The molecular formula is C18H20ClN3O. The largest absolute Gasteiger partial charge is 0.368 e. The molecule has 2 aromatic carbocycles. The van der Waals surface area contributed by atoms with Crippen molar-refractivity contribution in [1.29, 1.82) is 0 Å². The Balaban J connectivity index is 1.57. The molecule has 1 heterocycles. The van der Waals surface area contributed by atoms with Gasteiger partial charge in [-0.3, -0.25) is 0 Å². The van der Waals surface area contributed by atoms with Gasteiger partial charge in [0.15, 0.2) is 0 Å². The molecule has 0 atom stereocenters. The minimum absolute atomic E-state index is 0.0586. The summed E-state index contributed by atoms with van der Waals surface area (Å²) >= 11 is 5.86. The van der Waals surface area contributed by atoms with Crippen molar-refractivity contribution < 1.29 is 4.79 Å². The van der Waals surface area contributed by atoms with E-state index >= 15 is 0 Å². The summed E-state index contributed by atoms with van der Waals surface area (Å²) in [6.07, 6.45) is 0. The molecule has 2 amide bonds. The van der Waals surface area contributed by atoms with Gasteiger partial charge in [0.2, 0.25) is 0 Å². The van der Waals surface area contributed by atoms with Crippen LogP contribution in [-0.2, 0) is 0 Å². The van der Waals surface area contributed by atoms with Crippen molar-refractivity contribution >= 4 is 29.0 Å². The van der Waals surface area contributed by atoms with Gasteiger partial charge >= 0.3 is 6.03 Å². The predicted octanol–water partition coefficient (Wildman–Crippen LogP) is 4.00. The highest BCUT2D eigenvalue weighted by Gasteiger charge is 2.21. The van der Waals surface area contributed by atoms with Crippen molar-refractivity contribution in [2.75, 3.05) is 36.4 Å². The van der Waals surface area contributed by atoms with E-state index in [1.807, 2.05) is 17.0 Å². The molecule has 0 bridgehead atoms. The lowest BCUT2D eigenvalue weighted by Gasteiger charge is -2.36. The number of aryl methyl sites for hydroxylation is 1. The van der Waals surface area contributed by atoms with Crippen molar-refractivity contribution in [3.63, 3.8) is 0 Å². The average molecular weight is 330 g/mol. The summed E-state index contributed by atoms with van der Waals surface area (Å²) in [7, 11) is 0. The second-order valence-corrected chi connectivity index (χ2v) is 6.13. The van der Waals surface area contributed by atoms with Gasteiger partial charge in [-0.1, -0.05) is 29.8 Å². The number of nitrogens with one attached hydrogen (secondary N) is 1. The SMILES string of the molecule is Cc1ccccc1N1CCN(C(=O)Nc2ccc(Cl)cc2)CC1.